The van der Waals surface area contributed by atoms with Gasteiger partial charge in [-0.1, -0.05) is 35.9 Å². The minimum atomic E-state index is -4.08. The lowest BCUT2D eigenvalue weighted by Crippen LogP contribution is -2.41. The number of benzene rings is 3. The van der Waals surface area contributed by atoms with Gasteiger partial charge in [-0.3, -0.25) is 9.59 Å². The minimum Gasteiger partial charge on any atom is -0.480 e. The molecule has 1 heterocycles. The number of aliphatic carboxylic acids is 1. The Bertz CT molecular complexity index is 1490. The number of nitrogens with one attached hydrogen (secondary N) is 3. The number of carbonyl (C=O) groups excluding carboxylic acids is 1. The third kappa shape index (κ3) is 6.06. The summed E-state index contributed by atoms with van der Waals surface area (Å²) in [6, 6.07) is 16.7. The predicted molar refractivity (Wildman–Crippen MR) is 134 cm³/mol. The number of hydrogen-bond acceptors (Lipinski definition) is 6. The van der Waals surface area contributed by atoms with Gasteiger partial charge in [0.1, 0.15) is 17.1 Å². The summed E-state index contributed by atoms with van der Waals surface area (Å²) in [6.07, 6.45) is 0.229. The lowest BCUT2D eigenvalue weighted by atomic mass is 10.1. The fourth-order valence-electron chi connectivity index (χ4n) is 3.55. The average Bonchev–Trinajstić information content (AvgIpc) is 3.34. The van der Waals surface area contributed by atoms with Crippen LogP contribution in [0.5, 0.6) is 0 Å². The van der Waals surface area contributed by atoms with Crippen molar-refractivity contribution in [3.63, 3.8) is 0 Å². The molecule has 4 aromatic rings. The number of hydrogen-bond donors (Lipinski definition) is 4. The van der Waals surface area contributed by atoms with Crippen LogP contribution in [0, 0.1) is 0 Å². The van der Waals surface area contributed by atoms with E-state index in [4.69, 9.17) is 11.6 Å². The Morgan fingerprint density at radius 3 is 2.25 bits per heavy atom. The van der Waals surface area contributed by atoms with Crippen molar-refractivity contribution in [3.8, 4) is 11.1 Å². The summed E-state index contributed by atoms with van der Waals surface area (Å²) in [5.74, 6) is -1.66. The highest BCUT2D eigenvalue weighted by Crippen LogP contribution is 2.23. The smallest absolute Gasteiger partial charge is 0.321 e. The van der Waals surface area contributed by atoms with E-state index in [-0.39, 0.29) is 30.2 Å². The SMILES string of the molecule is O=C(NCCC[C@H](NS(=O)(=O)c1ccc(-c2ccc(Cl)cc2)cc1)C(=O)O)c1ccc2n[nH]nc2c1. The molecule has 4 rings (SSSR count). The quantitative estimate of drug-likeness (QED) is 0.231. The lowest BCUT2D eigenvalue weighted by Gasteiger charge is -2.15. The van der Waals surface area contributed by atoms with Gasteiger partial charge in [0.05, 0.1) is 4.90 Å². The first-order valence-corrected chi connectivity index (χ1v) is 12.8. The van der Waals surface area contributed by atoms with E-state index in [1.165, 1.54) is 12.1 Å². The second kappa shape index (κ2) is 10.9. The molecule has 0 aliphatic carbocycles. The summed E-state index contributed by atoms with van der Waals surface area (Å²) < 4.78 is 27.8. The number of fused-ring (bicyclic) bond motifs is 1. The van der Waals surface area contributed by atoms with Crippen molar-refractivity contribution in [2.75, 3.05) is 6.54 Å². The molecule has 12 heteroatoms. The second-order valence-electron chi connectivity index (χ2n) is 7.97. The number of sulfonamides is 1. The van der Waals surface area contributed by atoms with E-state index in [1.54, 1.807) is 42.5 Å². The van der Waals surface area contributed by atoms with Gasteiger partial charge in [0.2, 0.25) is 10.0 Å². The largest absolute Gasteiger partial charge is 0.480 e. The van der Waals surface area contributed by atoms with Crippen molar-refractivity contribution in [1.82, 2.24) is 25.4 Å². The fourth-order valence-corrected chi connectivity index (χ4v) is 4.90. The van der Waals surface area contributed by atoms with Crippen LogP contribution in [0.25, 0.3) is 22.2 Å². The van der Waals surface area contributed by atoms with Gasteiger partial charge >= 0.3 is 5.97 Å². The van der Waals surface area contributed by atoms with E-state index in [9.17, 15) is 23.1 Å². The number of amides is 1. The van der Waals surface area contributed by atoms with Crippen molar-refractivity contribution >= 4 is 44.5 Å². The number of aromatic nitrogens is 3. The van der Waals surface area contributed by atoms with Gasteiger partial charge < -0.3 is 10.4 Å². The van der Waals surface area contributed by atoms with Crippen LogP contribution in [0.4, 0.5) is 0 Å². The number of carbonyl (C=O) groups is 2. The number of carboxylic acid groups (broad SMARTS) is 1. The summed E-state index contributed by atoms with van der Waals surface area (Å²) >= 11 is 5.90. The van der Waals surface area contributed by atoms with Crippen LogP contribution in [0.3, 0.4) is 0 Å². The molecule has 0 unspecified atom stereocenters. The standard InChI is InChI=1S/C24H22ClN5O5S/c25-18-8-3-15(4-9-18)16-5-10-19(11-6-16)36(34,35)29-21(24(32)33)2-1-13-26-23(31)17-7-12-20-22(14-17)28-30-27-20/h3-12,14,21,29H,1-2,13H2,(H,26,31)(H,32,33)(H,27,28,30)/t21-/m0/s1. The zero-order chi connectivity index (χ0) is 25.7. The first-order chi connectivity index (χ1) is 17.2. The lowest BCUT2D eigenvalue weighted by molar-refractivity contribution is -0.139. The Morgan fingerprint density at radius 1 is 0.944 bits per heavy atom. The highest BCUT2D eigenvalue weighted by molar-refractivity contribution is 7.89. The summed E-state index contributed by atoms with van der Waals surface area (Å²) in [7, 11) is -4.08. The van der Waals surface area contributed by atoms with Gasteiger partial charge in [-0.15, -0.1) is 0 Å². The van der Waals surface area contributed by atoms with Crippen molar-refractivity contribution in [2.24, 2.45) is 0 Å². The van der Waals surface area contributed by atoms with Gasteiger partial charge in [-0.05, 0) is 66.4 Å². The molecule has 0 spiro atoms. The van der Waals surface area contributed by atoms with Crippen LogP contribution in [0.1, 0.15) is 23.2 Å². The van der Waals surface area contributed by atoms with Crippen LogP contribution < -0.4 is 10.0 Å². The molecular formula is C24H22ClN5O5S. The third-order valence-corrected chi connectivity index (χ3v) is 7.21. The van der Waals surface area contributed by atoms with Crippen LogP contribution in [-0.2, 0) is 14.8 Å². The number of nitrogens with zero attached hydrogens (tertiary/aromatic N) is 2. The van der Waals surface area contributed by atoms with Crippen LogP contribution in [-0.4, -0.2) is 53.4 Å². The number of H-pyrrole nitrogens is 1. The third-order valence-electron chi connectivity index (χ3n) is 5.47. The Labute approximate surface area is 211 Å². The number of aromatic amines is 1. The molecule has 0 bridgehead atoms. The summed E-state index contributed by atoms with van der Waals surface area (Å²) in [5, 5.41) is 23.1. The molecule has 3 aromatic carbocycles. The molecule has 0 fully saturated rings. The highest BCUT2D eigenvalue weighted by atomic mass is 35.5. The van der Waals surface area contributed by atoms with E-state index >= 15 is 0 Å². The van der Waals surface area contributed by atoms with Gasteiger partial charge in [0, 0.05) is 17.1 Å². The van der Waals surface area contributed by atoms with Gasteiger partial charge in [-0.2, -0.15) is 20.1 Å². The molecule has 0 aliphatic heterocycles. The topological polar surface area (TPSA) is 154 Å². The zero-order valence-electron chi connectivity index (χ0n) is 18.8. The summed E-state index contributed by atoms with van der Waals surface area (Å²) in [6.45, 7) is 0.164. The normalized spacial score (nSPS) is 12.4. The molecule has 1 aromatic heterocycles. The molecule has 0 aliphatic rings. The summed E-state index contributed by atoms with van der Waals surface area (Å²) in [4.78, 5) is 24.0. The molecule has 1 atom stereocenters. The maximum absolute atomic E-state index is 12.8. The number of carboxylic acids is 1. The maximum atomic E-state index is 12.8. The number of rotatable bonds is 10. The first kappa shape index (κ1) is 25.3. The molecule has 0 saturated carbocycles. The molecule has 36 heavy (non-hydrogen) atoms. The van der Waals surface area contributed by atoms with Crippen molar-refractivity contribution < 1.29 is 23.1 Å². The van der Waals surface area contributed by atoms with Crippen LogP contribution in [0.2, 0.25) is 5.02 Å². The van der Waals surface area contributed by atoms with Crippen LogP contribution >= 0.6 is 11.6 Å². The second-order valence-corrected chi connectivity index (χ2v) is 10.1. The van der Waals surface area contributed by atoms with E-state index in [2.05, 4.69) is 25.4 Å². The molecule has 1 amide bonds. The highest BCUT2D eigenvalue weighted by Gasteiger charge is 2.25. The molecule has 10 nitrogen and oxygen atoms in total. The Balaban J connectivity index is 1.33. The predicted octanol–water partition coefficient (Wildman–Crippen LogP) is 3.22. The zero-order valence-corrected chi connectivity index (χ0v) is 20.4. The van der Waals surface area contributed by atoms with E-state index < -0.39 is 22.0 Å². The Kier molecular flexibility index (Phi) is 7.63. The average molecular weight is 528 g/mol. The van der Waals surface area contributed by atoms with E-state index in [1.807, 2.05) is 12.1 Å². The number of halogens is 1. The molecule has 0 saturated heterocycles. The van der Waals surface area contributed by atoms with Crippen molar-refractivity contribution in [2.45, 2.75) is 23.8 Å². The van der Waals surface area contributed by atoms with E-state index in [0.717, 1.165) is 11.1 Å². The molecular weight excluding hydrogens is 506 g/mol. The monoisotopic (exact) mass is 527 g/mol. The van der Waals surface area contributed by atoms with Gasteiger partial charge in [0.15, 0.2) is 0 Å². The molecule has 0 radical (unpaired) electrons. The summed E-state index contributed by atoms with van der Waals surface area (Å²) in [5.41, 5.74) is 3.21. The van der Waals surface area contributed by atoms with Crippen molar-refractivity contribution in [1.29, 1.82) is 0 Å². The minimum absolute atomic E-state index is 0.0139. The first-order valence-electron chi connectivity index (χ1n) is 10.9. The molecule has 186 valence electrons. The fraction of sp³-hybridized carbons (Fsp3) is 0.167. The molecule has 4 N–H and O–H groups in total. The maximum Gasteiger partial charge on any atom is 0.321 e. The van der Waals surface area contributed by atoms with E-state index in [0.29, 0.717) is 21.6 Å². The van der Waals surface area contributed by atoms with Gasteiger partial charge in [-0.25, -0.2) is 8.42 Å². The van der Waals surface area contributed by atoms with Crippen molar-refractivity contribution in [3.05, 3.63) is 77.3 Å². The Morgan fingerprint density at radius 2 is 1.58 bits per heavy atom. The van der Waals surface area contributed by atoms with Gasteiger partial charge in [0.25, 0.3) is 5.91 Å². The Hall–Kier alpha value is -3.80. The van der Waals surface area contributed by atoms with Crippen LogP contribution in [0.15, 0.2) is 71.6 Å².